The van der Waals surface area contributed by atoms with Crippen molar-refractivity contribution < 1.29 is 30.5 Å². The van der Waals surface area contributed by atoms with Crippen molar-refractivity contribution in [1.29, 1.82) is 0 Å². The van der Waals surface area contributed by atoms with Crippen LogP contribution in [0.25, 0.3) is 0 Å². The maximum atomic E-state index is 8.37. The normalized spacial score (nSPS) is 14.4. The zero-order chi connectivity index (χ0) is 11.1. The Bertz CT molecular complexity index is 132. The van der Waals surface area contributed by atoms with Gasteiger partial charge in [0, 0.05) is 0 Å². The molecule has 0 saturated heterocycles. The number of hydrogen-bond acceptors (Lipinski definition) is 8. The topological polar surface area (TPSA) is 106 Å². The van der Waals surface area contributed by atoms with Crippen molar-refractivity contribution in [3.8, 4) is 0 Å². The van der Waals surface area contributed by atoms with E-state index in [1.54, 1.807) is 0 Å². The second-order valence-corrected chi connectivity index (χ2v) is 3.16. The molecule has 0 amide bonds. The van der Waals surface area contributed by atoms with Gasteiger partial charge in [-0.2, -0.15) is 0 Å². The van der Waals surface area contributed by atoms with Crippen molar-refractivity contribution in [3.63, 3.8) is 0 Å². The van der Waals surface area contributed by atoms with Crippen LogP contribution in [0.4, 0.5) is 0 Å². The van der Waals surface area contributed by atoms with E-state index in [9.17, 15) is 0 Å². The smallest absolute Gasteiger partial charge is 0.110 e. The summed E-state index contributed by atoms with van der Waals surface area (Å²) in [6, 6.07) is 0. The van der Waals surface area contributed by atoms with E-state index in [0.29, 0.717) is 6.42 Å². The van der Waals surface area contributed by atoms with E-state index in [1.165, 1.54) is 0 Å². The van der Waals surface area contributed by atoms with Crippen LogP contribution in [-0.4, -0.2) is 44.3 Å². The first-order valence-corrected chi connectivity index (χ1v) is 4.07. The summed E-state index contributed by atoms with van der Waals surface area (Å²) in [4.78, 5) is 8.76. The average molecular weight is 212 g/mol. The lowest BCUT2D eigenvalue weighted by Crippen LogP contribution is -2.31. The zero-order valence-electron chi connectivity index (χ0n) is 8.07. The van der Waals surface area contributed by atoms with E-state index >= 15 is 0 Å². The first-order chi connectivity index (χ1) is 6.41. The lowest BCUT2D eigenvalue weighted by atomic mass is 10.1. The molecule has 0 aromatic carbocycles. The van der Waals surface area contributed by atoms with Gasteiger partial charge in [-0.15, -0.1) is 0 Å². The second-order valence-electron chi connectivity index (χ2n) is 3.16. The van der Waals surface area contributed by atoms with Gasteiger partial charge in [0.05, 0.1) is 10.8 Å². The van der Waals surface area contributed by atoms with Gasteiger partial charge in [-0.1, -0.05) is 13.8 Å². The molecule has 1 atom stereocenters. The van der Waals surface area contributed by atoms with E-state index in [4.69, 9.17) is 20.8 Å². The van der Waals surface area contributed by atoms with Crippen molar-refractivity contribution in [2.75, 3.05) is 6.61 Å². The van der Waals surface area contributed by atoms with Gasteiger partial charge in [-0.25, -0.2) is 9.68 Å². The van der Waals surface area contributed by atoms with Gasteiger partial charge >= 0.3 is 0 Å². The first kappa shape index (κ1) is 13.7. The molecule has 0 rings (SSSR count). The fourth-order valence-corrected chi connectivity index (χ4v) is 0.950. The predicted octanol–water partition coefficient (Wildman–Crippen LogP) is 0.425. The van der Waals surface area contributed by atoms with Gasteiger partial charge < -0.3 is 0 Å². The van der Waals surface area contributed by atoms with Crippen molar-refractivity contribution in [2.45, 2.75) is 26.4 Å². The van der Waals surface area contributed by atoms with Crippen molar-refractivity contribution in [2.24, 2.45) is 5.92 Å². The Morgan fingerprint density at radius 1 is 1.07 bits per heavy atom. The predicted molar refractivity (Wildman–Crippen MR) is 41.1 cm³/mol. The molecule has 86 valence electrons. The summed E-state index contributed by atoms with van der Waals surface area (Å²) < 4.78 is 0. The summed E-state index contributed by atoms with van der Waals surface area (Å²) in [5.41, 5.74) is 0. The summed E-state index contributed by atoms with van der Waals surface area (Å²) >= 11 is 0. The molecule has 8 heteroatoms. The largest absolute Gasteiger partial charge is 0.266 e. The lowest BCUT2D eigenvalue weighted by molar-refractivity contribution is -0.527. The monoisotopic (exact) mass is 212 g/mol. The second kappa shape index (κ2) is 7.04. The third-order valence-electron chi connectivity index (χ3n) is 1.35. The number of hydrogen-bond donors (Lipinski definition) is 4. The van der Waals surface area contributed by atoms with Crippen LogP contribution in [0.1, 0.15) is 20.3 Å². The quantitative estimate of drug-likeness (QED) is 0.450. The average Bonchev–Trinajstić information content (AvgIpc) is 1.97. The van der Waals surface area contributed by atoms with Gasteiger partial charge in [0.2, 0.25) is 0 Å². The fraction of sp³-hybridized carbons (Fsp3) is 1.00. The Labute approximate surface area is 81.2 Å². The maximum Gasteiger partial charge on any atom is 0.110 e. The summed E-state index contributed by atoms with van der Waals surface area (Å²) in [7, 11) is 0. The van der Waals surface area contributed by atoms with Gasteiger partial charge in [0.15, 0.2) is 0 Å². The summed E-state index contributed by atoms with van der Waals surface area (Å²) in [5.74, 6) is 0.231. The highest BCUT2D eigenvalue weighted by atomic mass is 17.1. The lowest BCUT2D eigenvalue weighted by Gasteiger charge is -2.20. The maximum absolute atomic E-state index is 8.37. The molecule has 0 spiro atoms. The summed E-state index contributed by atoms with van der Waals surface area (Å²) in [5, 5.41) is 32.3. The molecule has 0 heterocycles. The van der Waals surface area contributed by atoms with Crippen molar-refractivity contribution in [1.82, 2.24) is 10.8 Å². The van der Waals surface area contributed by atoms with Crippen LogP contribution in [0.2, 0.25) is 0 Å². The molecule has 0 aliphatic carbocycles. The standard InChI is InChI=1S/C6H16N2O6/c1-5(2)3-6(14-8(11)12)4-13-7(9)10/h5-6,9-12H,3-4H2,1-2H3/t6-/m1/s1. The van der Waals surface area contributed by atoms with Crippen LogP contribution in [0, 0.1) is 5.92 Å². The molecule has 8 nitrogen and oxygen atoms in total. The molecular formula is C6H16N2O6. The molecule has 0 aromatic rings. The minimum Gasteiger partial charge on any atom is -0.266 e. The Hall–Kier alpha value is -0.320. The molecule has 0 saturated carbocycles. The summed E-state index contributed by atoms with van der Waals surface area (Å²) in [6.07, 6.45) is -0.224. The minimum atomic E-state index is -0.688. The zero-order valence-corrected chi connectivity index (χ0v) is 8.07. The molecule has 0 unspecified atom stereocenters. The first-order valence-electron chi connectivity index (χ1n) is 4.07. The van der Waals surface area contributed by atoms with E-state index in [-0.39, 0.29) is 12.5 Å². The van der Waals surface area contributed by atoms with E-state index in [2.05, 4.69) is 9.68 Å². The van der Waals surface area contributed by atoms with Gasteiger partial charge in [0.25, 0.3) is 0 Å². The Morgan fingerprint density at radius 2 is 1.64 bits per heavy atom. The van der Waals surface area contributed by atoms with E-state index in [1.807, 2.05) is 13.8 Å². The van der Waals surface area contributed by atoms with Gasteiger partial charge in [0.1, 0.15) is 12.7 Å². The van der Waals surface area contributed by atoms with Crippen molar-refractivity contribution in [3.05, 3.63) is 0 Å². The molecule has 0 radical (unpaired) electrons. The highest BCUT2D eigenvalue weighted by molar-refractivity contribution is 4.57. The molecule has 14 heavy (non-hydrogen) atoms. The molecule has 0 aliphatic rings. The molecule has 0 bridgehead atoms. The van der Waals surface area contributed by atoms with Gasteiger partial charge in [-0.3, -0.25) is 20.8 Å². The van der Waals surface area contributed by atoms with Crippen LogP contribution in [0.5, 0.6) is 0 Å². The summed E-state index contributed by atoms with van der Waals surface area (Å²) in [6.45, 7) is 3.57. The molecular weight excluding hydrogens is 196 g/mol. The van der Waals surface area contributed by atoms with E-state index in [0.717, 1.165) is 0 Å². The van der Waals surface area contributed by atoms with Gasteiger partial charge in [-0.05, 0) is 12.3 Å². The molecule has 0 fully saturated rings. The Kier molecular flexibility index (Phi) is 6.87. The van der Waals surface area contributed by atoms with Crippen LogP contribution < -0.4 is 0 Å². The van der Waals surface area contributed by atoms with E-state index < -0.39 is 16.9 Å². The molecule has 4 N–H and O–H groups in total. The van der Waals surface area contributed by atoms with Crippen LogP contribution in [-0.2, 0) is 9.68 Å². The van der Waals surface area contributed by atoms with Crippen LogP contribution >= 0.6 is 0 Å². The third kappa shape index (κ3) is 8.29. The number of nitrogens with zero attached hydrogens (tertiary/aromatic N) is 2. The van der Waals surface area contributed by atoms with Crippen LogP contribution in [0.15, 0.2) is 0 Å². The molecule has 0 aromatic heterocycles. The van der Waals surface area contributed by atoms with Crippen molar-refractivity contribution >= 4 is 0 Å². The third-order valence-corrected chi connectivity index (χ3v) is 1.35. The highest BCUT2D eigenvalue weighted by Crippen LogP contribution is 2.09. The van der Waals surface area contributed by atoms with Crippen LogP contribution in [0.3, 0.4) is 0 Å². The molecule has 0 aliphatic heterocycles. The fourth-order valence-electron chi connectivity index (χ4n) is 0.950. The highest BCUT2D eigenvalue weighted by Gasteiger charge is 2.16. The number of rotatable bonds is 7. The Balaban J connectivity index is 3.84. The minimum absolute atomic E-state index is 0.219. The Morgan fingerprint density at radius 3 is 2.00 bits per heavy atom. The SMILES string of the molecule is CC(C)C[C@H](CON(O)O)ON(O)O.